The van der Waals surface area contributed by atoms with Crippen LogP contribution in [0.25, 0.3) is 0 Å². The highest BCUT2D eigenvalue weighted by Crippen LogP contribution is 2.17. The highest BCUT2D eigenvalue weighted by atomic mass is 19.1. The number of hydrogen-bond acceptors (Lipinski definition) is 3. The van der Waals surface area contributed by atoms with Gasteiger partial charge in [0.05, 0.1) is 13.0 Å². The molecule has 1 aromatic carbocycles. The van der Waals surface area contributed by atoms with Crippen molar-refractivity contribution in [3.8, 4) is 5.75 Å². The second-order valence-corrected chi connectivity index (χ2v) is 5.06. The van der Waals surface area contributed by atoms with E-state index in [1.165, 1.54) is 12.1 Å². The molecule has 1 amide bonds. The quantitative estimate of drug-likeness (QED) is 0.895. The van der Waals surface area contributed by atoms with E-state index in [1.54, 1.807) is 12.1 Å². The fourth-order valence-electron chi connectivity index (χ4n) is 2.31. The van der Waals surface area contributed by atoms with E-state index >= 15 is 0 Å². The van der Waals surface area contributed by atoms with Gasteiger partial charge in [-0.05, 0) is 43.0 Å². The Bertz CT molecular complexity index is 427. The Morgan fingerprint density at radius 3 is 2.55 bits per heavy atom. The number of likely N-dealkylation sites (tertiary alicyclic amines) is 1. The maximum Gasteiger partial charge on any atom is 0.225 e. The molecule has 0 aliphatic carbocycles. The molecule has 1 aromatic rings. The van der Waals surface area contributed by atoms with Crippen LogP contribution in [0.3, 0.4) is 0 Å². The molecular weight excluding hydrogens is 261 g/mol. The summed E-state index contributed by atoms with van der Waals surface area (Å²) in [5.74, 6) is 0.663. The van der Waals surface area contributed by atoms with Crippen LogP contribution in [0.15, 0.2) is 24.3 Å². The number of benzene rings is 1. The van der Waals surface area contributed by atoms with Crippen molar-refractivity contribution in [2.24, 2.45) is 5.92 Å². The Morgan fingerprint density at radius 1 is 1.30 bits per heavy atom. The number of aliphatic hydroxyl groups excluding tert-OH is 1. The molecule has 0 bridgehead atoms. The normalized spacial score (nSPS) is 16.2. The number of halogens is 1. The maximum atomic E-state index is 12.7. The highest BCUT2D eigenvalue weighted by molar-refractivity contribution is 5.76. The van der Waals surface area contributed by atoms with Crippen molar-refractivity contribution in [3.63, 3.8) is 0 Å². The number of hydrogen-bond donors (Lipinski definition) is 1. The SMILES string of the molecule is O=C(CCOc1ccc(F)cc1)N1CCC(CO)CC1. The zero-order valence-electron chi connectivity index (χ0n) is 11.4. The molecule has 5 heteroatoms. The largest absolute Gasteiger partial charge is 0.493 e. The van der Waals surface area contributed by atoms with Crippen LogP contribution in [0, 0.1) is 11.7 Å². The van der Waals surface area contributed by atoms with Gasteiger partial charge in [-0.2, -0.15) is 0 Å². The second-order valence-electron chi connectivity index (χ2n) is 5.06. The zero-order valence-corrected chi connectivity index (χ0v) is 11.4. The summed E-state index contributed by atoms with van der Waals surface area (Å²) in [5, 5.41) is 9.05. The highest BCUT2D eigenvalue weighted by Gasteiger charge is 2.21. The lowest BCUT2D eigenvalue weighted by molar-refractivity contribution is -0.133. The van der Waals surface area contributed by atoms with E-state index in [9.17, 15) is 9.18 Å². The first-order valence-electron chi connectivity index (χ1n) is 6.96. The summed E-state index contributed by atoms with van der Waals surface area (Å²) in [7, 11) is 0. The molecule has 110 valence electrons. The van der Waals surface area contributed by atoms with Crippen LogP contribution >= 0.6 is 0 Å². The Balaban J connectivity index is 1.69. The van der Waals surface area contributed by atoms with E-state index in [1.807, 2.05) is 4.90 Å². The van der Waals surface area contributed by atoms with Crippen molar-refractivity contribution < 1.29 is 19.0 Å². The molecule has 1 aliphatic rings. The van der Waals surface area contributed by atoms with E-state index in [-0.39, 0.29) is 18.3 Å². The van der Waals surface area contributed by atoms with Gasteiger partial charge in [0.2, 0.25) is 5.91 Å². The summed E-state index contributed by atoms with van der Waals surface area (Å²) in [6.45, 7) is 1.92. The average molecular weight is 281 g/mol. The molecular formula is C15H20FNO3. The van der Waals surface area contributed by atoms with E-state index in [2.05, 4.69) is 0 Å². The average Bonchev–Trinajstić information content (AvgIpc) is 2.49. The molecule has 2 rings (SSSR count). The number of ether oxygens (including phenoxy) is 1. The lowest BCUT2D eigenvalue weighted by atomic mass is 9.98. The predicted molar refractivity (Wildman–Crippen MR) is 72.9 cm³/mol. The standard InChI is InChI=1S/C15H20FNO3/c16-13-1-3-14(4-2-13)20-10-7-15(19)17-8-5-12(11-18)6-9-17/h1-4,12,18H,5-11H2. The first-order chi connectivity index (χ1) is 9.69. The van der Waals surface area contributed by atoms with Crippen LogP contribution < -0.4 is 4.74 Å². The molecule has 0 spiro atoms. The Morgan fingerprint density at radius 2 is 1.95 bits per heavy atom. The second kappa shape index (κ2) is 7.24. The molecule has 0 unspecified atom stereocenters. The van der Waals surface area contributed by atoms with Gasteiger partial charge in [-0.1, -0.05) is 0 Å². The van der Waals surface area contributed by atoms with Gasteiger partial charge in [-0.15, -0.1) is 0 Å². The minimum absolute atomic E-state index is 0.0727. The van der Waals surface area contributed by atoms with E-state index in [0.29, 0.717) is 37.8 Å². The van der Waals surface area contributed by atoms with Gasteiger partial charge in [0.25, 0.3) is 0 Å². The Labute approximate surface area is 118 Å². The smallest absolute Gasteiger partial charge is 0.225 e. The van der Waals surface area contributed by atoms with Crippen LogP contribution in [-0.4, -0.2) is 42.2 Å². The van der Waals surface area contributed by atoms with Crippen LogP contribution in [0.5, 0.6) is 5.75 Å². The van der Waals surface area contributed by atoms with Gasteiger partial charge < -0.3 is 14.7 Å². The molecule has 1 heterocycles. The summed E-state index contributed by atoms with van der Waals surface area (Å²) < 4.78 is 18.1. The Hall–Kier alpha value is -1.62. The third-order valence-electron chi connectivity index (χ3n) is 3.62. The summed E-state index contributed by atoms with van der Waals surface area (Å²) in [6, 6.07) is 5.76. The van der Waals surface area contributed by atoms with Gasteiger partial charge in [-0.25, -0.2) is 4.39 Å². The zero-order chi connectivity index (χ0) is 14.4. The molecule has 0 atom stereocenters. The molecule has 1 saturated heterocycles. The van der Waals surface area contributed by atoms with Crippen molar-refractivity contribution in [1.82, 2.24) is 4.90 Å². The third kappa shape index (κ3) is 4.20. The van der Waals surface area contributed by atoms with Crippen LogP contribution in [-0.2, 0) is 4.79 Å². The summed E-state index contributed by atoms with van der Waals surface area (Å²) in [4.78, 5) is 13.8. The first kappa shape index (κ1) is 14.8. The number of aliphatic hydroxyl groups is 1. The molecule has 1 fully saturated rings. The van der Waals surface area contributed by atoms with Crippen LogP contribution in [0.4, 0.5) is 4.39 Å². The number of rotatable bonds is 5. The van der Waals surface area contributed by atoms with Crippen molar-refractivity contribution >= 4 is 5.91 Å². The van der Waals surface area contributed by atoms with Gasteiger partial charge in [0.15, 0.2) is 0 Å². The van der Waals surface area contributed by atoms with Crippen molar-refractivity contribution in [3.05, 3.63) is 30.1 Å². The minimum Gasteiger partial charge on any atom is -0.493 e. The summed E-state index contributed by atoms with van der Waals surface area (Å²) in [5.41, 5.74) is 0. The molecule has 0 saturated carbocycles. The van der Waals surface area contributed by atoms with Gasteiger partial charge in [0, 0.05) is 19.7 Å². The fourth-order valence-corrected chi connectivity index (χ4v) is 2.31. The predicted octanol–water partition coefficient (Wildman–Crippen LogP) is 1.83. The number of carbonyl (C=O) groups excluding carboxylic acids is 1. The molecule has 1 aliphatic heterocycles. The lowest BCUT2D eigenvalue weighted by Gasteiger charge is -2.31. The molecule has 4 nitrogen and oxygen atoms in total. The molecule has 0 aromatic heterocycles. The van der Waals surface area contributed by atoms with Gasteiger partial charge in [0.1, 0.15) is 11.6 Å². The molecule has 1 N–H and O–H groups in total. The molecule has 20 heavy (non-hydrogen) atoms. The third-order valence-corrected chi connectivity index (χ3v) is 3.62. The minimum atomic E-state index is -0.305. The Kier molecular flexibility index (Phi) is 5.35. The topological polar surface area (TPSA) is 49.8 Å². The van der Waals surface area contributed by atoms with Crippen molar-refractivity contribution in [1.29, 1.82) is 0 Å². The first-order valence-corrected chi connectivity index (χ1v) is 6.96. The van der Waals surface area contributed by atoms with Crippen LogP contribution in [0.1, 0.15) is 19.3 Å². The van der Waals surface area contributed by atoms with E-state index in [4.69, 9.17) is 9.84 Å². The fraction of sp³-hybridized carbons (Fsp3) is 0.533. The van der Waals surface area contributed by atoms with Crippen LogP contribution in [0.2, 0.25) is 0 Å². The summed E-state index contributed by atoms with van der Waals surface area (Å²) in [6.07, 6.45) is 2.04. The number of piperidine rings is 1. The summed E-state index contributed by atoms with van der Waals surface area (Å²) >= 11 is 0. The molecule has 0 radical (unpaired) electrons. The van der Waals surface area contributed by atoms with Crippen molar-refractivity contribution in [2.45, 2.75) is 19.3 Å². The van der Waals surface area contributed by atoms with Gasteiger partial charge in [-0.3, -0.25) is 4.79 Å². The maximum absolute atomic E-state index is 12.7. The monoisotopic (exact) mass is 281 g/mol. The van der Waals surface area contributed by atoms with Crippen molar-refractivity contribution in [2.75, 3.05) is 26.3 Å². The van der Waals surface area contributed by atoms with E-state index in [0.717, 1.165) is 12.8 Å². The number of nitrogens with zero attached hydrogens (tertiary/aromatic N) is 1. The number of amides is 1. The lowest BCUT2D eigenvalue weighted by Crippen LogP contribution is -2.39. The van der Waals surface area contributed by atoms with E-state index < -0.39 is 0 Å². The van der Waals surface area contributed by atoms with Gasteiger partial charge >= 0.3 is 0 Å². The number of carbonyl (C=O) groups is 1.